The highest BCUT2D eigenvalue weighted by Gasteiger charge is 2.15. The predicted octanol–water partition coefficient (Wildman–Crippen LogP) is 3.09. The van der Waals surface area contributed by atoms with Crippen molar-refractivity contribution < 1.29 is 14.0 Å². The fourth-order valence-electron chi connectivity index (χ4n) is 1.32. The van der Waals surface area contributed by atoms with Crippen LogP contribution in [-0.4, -0.2) is 12.1 Å². The highest BCUT2D eigenvalue weighted by atomic mass is 79.9. The van der Waals surface area contributed by atoms with Gasteiger partial charge in [0.15, 0.2) is 17.8 Å². The molecule has 0 aliphatic rings. The van der Waals surface area contributed by atoms with Gasteiger partial charge in [-0.05, 0) is 24.3 Å². The molecular formula is C12H7BrO3. The molecule has 0 fully saturated rings. The summed E-state index contributed by atoms with van der Waals surface area (Å²) in [7, 11) is 0. The lowest BCUT2D eigenvalue weighted by atomic mass is 10.1. The molecule has 0 radical (unpaired) electrons. The number of aldehydes is 1. The van der Waals surface area contributed by atoms with Crippen molar-refractivity contribution in [2.75, 3.05) is 0 Å². The van der Waals surface area contributed by atoms with Crippen LogP contribution in [0.25, 0.3) is 0 Å². The Kier molecular flexibility index (Phi) is 3.01. The third-order valence-corrected chi connectivity index (χ3v) is 2.78. The van der Waals surface area contributed by atoms with E-state index in [1.54, 1.807) is 18.2 Å². The molecule has 0 N–H and O–H groups in total. The fraction of sp³-hybridized carbons (Fsp3) is 0. The maximum Gasteiger partial charge on any atom is 0.229 e. The second-order valence-electron chi connectivity index (χ2n) is 3.13. The van der Waals surface area contributed by atoms with Gasteiger partial charge in [0.1, 0.15) is 0 Å². The van der Waals surface area contributed by atoms with Gasteiger partial charge in [-0.15, -0.1) is 0 Å². The Bertz CT molecular complexity index is 543. The molecule has 1 aromatic heterocycles. The Morgan fingerprint density at radius 3 is 2.56 bits per heavy atom. The van der Waals surface area contributed by atoms with Crippen LogP contribution in [0.15, 0.2) is 45.3 Å². The third kappa shape index (κ3) is 1.97. The van der Waals surface area contributed by atoms with Gasteiger partial charge in [0, 0.05) is 10.0 Å². The van der Waals surface area contributed by atoms with Crippen molar-refractivity contribution in [1.29, 1.82) is 0 Å². The van der Waals surface area contributed by atoms with Crippen molar-refractivity contribution in [3.63, 3.8) is 0 Å². The van der Waals surface area contributed by atoms with Crippen molar-refractivity contribution in [3.05, 3.63) is 58.0 Å². The van der Waals surface area contributed by atoms with Crippen LogP contribution in [0.1, 0.15) is 26.7 Å². The first-order valence-corrected chi connectivity index (χ1v) is 5.36. The summed E-state index contributed by atoms with van der Waals surface area (Å²) in [6, 6.07) is 10.0. The van der Waals surface area contributed by atoms with Gasteiger partial charge in [-0.1, -0.05) is 28.1 Å². The smallest absolute Gasteiger partial charge is 0.229 e. The first-order valence-electron chi connectivity index (χ1n) is 4.56. The standard InChI is InChI=1S/C12H7BrO3/c13-10-4-2-1-3-9(10)12(15)11-6-5-8(7-14)16-11/h1-7H. The minimum Gasteiger partial charge on any atom is -0.450 e. The summed E-state index contributed by atoms with van der Waals surface area (Å²) in [6.45, 7) is 0. The Balaban J connectivity index is 2.39. The molecule has 0 spiro atoms. The van der Waals surface area contributed by atoms with E-state index in [0.717, 1.165) is 0 Å². The highest BCUT2D eigenvalue weighted by molar-refractivity contribution is 9.10. The van der Waals surface area contributed by atoms with Crippen LogP contribution in [0, 0.1) is 0 Å². The molecule has 4 heteroatoms. The highest BCUT2D eigenvalue weighted by Crippen LogP contribution is 2.20. The second-order valence-corrected chi connectivity index (χ2v) is 3.98. The molecule has 2 aromatic rings. The van der Waals surface area contributed by atoms with Crippen molar-refractivity contribution in [3.8, 4) is 0 Å². The Labute approximate surface area is 100 Å². The van der Waals surface area contributed by atoms with E-state index < -0.39 is 0 Å². The summed E-state index contributed by atoms with van der Waals surface area (Å²) in [5.74, 6) is 0.0602. The van der Waals surface area contributed by atoms with Gasteiger partial charge in [-0.2, -0.15) is 0 Å². The number of rotatable bonds is 3. The molecule has 3 nitrogen and oxygen atoms in total. The number of hydrogen-bond acceptors (Lipinski definition) is 3. The summed E-state index contributed by atoms with van der Waals surface area (Å²) in [4.78, 5) is 22.4. The molecule has 0 atom stereocenters. The summed E-state index contributed by atoms with van der Waals surface area (Å²) in [6.07, 6.45) is 0.566. The van der Waals surface area contributed by atoms with E-state index in [2.05, 4.69) is 15.9 Å². The SMILES string of the molecule is O=Cc1ccc(C(=O)c2ccccc2Br)o1. The summed E-state index contributed by atoms with van der Waals surface area (Å²) in [5.41, 5.74) is 0.509. The van der Waals surface area contributed by atoms with Crippen LogP contribution in [0.5, 0.6) is 0 Å². The van der Waals surface area contributed by atoms with Gasteiger partial charge < -0.3 is 4.42 Å². The molecule has 0 saturated carbocycles. The number of hydrogen-bond donors (Lipinski definition) is 0. The van der Waals surface area contributed by atoms with Crippen LogP contribution < -0.4 is 0 Å². The first kappa shape index (κ1) is 10.8. The predicted molar refractivity (Wildman–Crippen MR) is 61.7 cm³/mol. The molecule has 1 aromatic carbocycles. The van der Waals surface area contributed by atoms with Crippen molar-refractivity contribution in [2.45, 2.75) is 0 Å². The van der Waals surface area contributed by atoms with Crippen molar-refractivity contribution >= 4 is 28.0 Å². The molecule has 2 rings (SSSR count). The molecule has 16 heavy (non-hydrogen) atoms. The zero-order valence-corrected chi connectivity index (χ0v) is 9.73. The van der Waals surface area contributed by atoms with E-state index in [4.69, 9.17) is 4.42 Å². The van der Waals surface area contributed by atoms with Crippen LogP contribution in [-0.2, 0) is 0 Å². The molecule has 0 aliphatic carbocycles. The Morgan fingerprint density at radius 2 is 1.94 bits per heavy atom. The van der Waals surface area contributed by atoms with E-state index in [-0.39, 0.29) is 17.3 Å². The van der Waals surface area contributed by atoms with E-state index in [1.165, 1.54) is 12.1 Å². The van der Waals surface area contributed by atoms with Crippen LogP contribution in [0.4, 0.5) is 0 Å². The molecule has 0 unspecified atom stereocenters. The minimum absolute atomic E-state index is 0.149. The molecule has 0 amide bonds. The van der Waals surface area contributed by atoms with Crippen molar-refractivity contribution in [1.82, 2.24) is 0 Å². The molecule has 80 valence electrons. The van der Waals surface area contributed by atoms with E-state index >= 15 is 0 Å². The maximum absolute atomic E-state index is 12.0. The molecule has 1 heterocycles. The summed E-state index contributed by atoms with van der Waals surface area (Å²) < 4.78 is 5.76. The molecular weight excluding hydrogens is 272 g/mol. The van der Waals surface area contributed by atoms with E-state index in [1.807, 2.05) is 6.07 Å². The number of ketones is 1. The van der Waals surface area contributed by atoms with Gasteiger partial charge in [0.25, 0.3) is 0 Å². The largest absolute Gasteiger partial charge is 0.450 e. The van der Waals surface area contributed by atoms with Crippen LogP contribution in [0.2, 0.25) is 0 Å². The van der Waals surface area contributed by atoms with Crippen LogP contribution in [0.3, 0.4) is 0 Å². The Morgan fingerprint density at radius 1 is 1.19 bits per heavy atom. The van der Waals surface area contributed by atoms with Gasteiger partial charge in [-0.3, -0.25) is 9.59 Å². The van der Waals surface area contributed by atoms with Crippen molar-refractivity contribution in [2.24, 2.45) is 0 Å². The van der Waals surface area contributed by atoms with Gasteiger partial charge in [0.2, 0.25) is 5.78 Å². The maximum atomic E-state index is 12.0. The molecule has 0 bridgehead atoms. The number of carbonyl (C=O) groups is 2. The Hall–Kier alpha value is -1.68. The minimum atomic E-state index is -0.249. The lowest BCUT2D eigenvalue weighted by Crippen LogP contribution is -2.00. The summed E-state index contributed by atoms with van der Waals surface area (Å²) >= 11 is 3.29. The van der Waals surface area contributed by atoms with E-state index in [9.17, 15) is 9.59 Å². The first-order chi connectivity index (χ1) is 7.72. The zero-order chi connectivity index (χ0) is 11.5. The van der Waals surface area contributed by atoms with Gasteiger partial charge in [0.05, 0.1) is 0 Å². The number of furan rings is 1. The average molecular weight is 279 g/mol. The summed E-state index contributed by atoms with van der Waals surface area (Å²) in [5, 5.41) is 0. The lowest BCUT2D eigenvalue weighted by Gasteiger charge is -1.99. The van der Waals surface area contributed by atoms with Crippen LogP contribution >= 0.6 is 15.9 Å². The quantitative estimate of drug-likeness (QED) is 0.640. The average Bonchev–Trinajstić information content (AvgIpc) is 2.77. The molecule has 0 saturated heterocycles. The lowest BCUT2D eigenvalue weighted by molar-refractivity contribution is 0.100. The van der Waals surface area contributed by atoms with E-state index in [0.29, 0.717) is 16.3 Å². The second kappa shape index (κ2) is 4.45. The third-order valence-electron chi connectivity index (χ3n) is 2.09. The zero-order valence-electron chi connectivity index (χ0n) is 8.14. The fourth-order valence-corrected chi connectivity index (χ4v) is 1.78. The number of benzene rings is 1. The molecule has 0 aliphatic heterocycles. The number of carbonyl (C=O) groups excluding carboxylic acids is 2. The number of halogens is 1. The topological polar surface area (TPSA) is 47.3 Å². The normalized spacial score (nSPS) is 10.1. The van der Waals surface area contributed by atoms with Gasteiger partial charge >= 0.3 is 0 Å². The van der Waals surface area contributed by atoms with Gasteiger partial charge in [-0.25, -0.2) is 0 Å². The monoisotopic (exact) mass is 278 g/mol.